The standard InChI is InChI=1S/C13H19ClFN3/c1-17(6-7-18-4-2-3-5-18)13-9-11(15)10(14)8-12(13)16/h8-9H,2-7,16H2,1H3. The molecule has 0 aliphatic carbocycles. The third-order valence-electron chi connectivity index (χ3n) is 3.43. The maximum atomic E-state index is 13.4. The van der Waals surface area contributed by atoms with E-state index in [9.17, 15) is 4.39 Å². The van der Waals surface area contributed by atoms with Gasteiger partial charge in [0.2, 0.25) is 0 Å². The Labute approximate surface area is 112 Å². The first kappa shape index (κ1) is 13.4. The molecule has 0 spiro atoms. The predicted octanol–water partition coefficient (Wildman–Crippen LogP) is 2.59. The normalized spacial score (nSPS) is 16.2. The van der Waals surface area contributed by atoms with E-state index >= 15 is 0 Å². The molecular formula is C13H19ClFN3. The first-order chi connectivity index (χ1) is 8.58. The summed E-state index contributed by atoms with van der Waals surface area (Å²) in [7, 11) is 1.93. The summed E-state index contributed by atoms with van der Waals surface area (Å²) in [5, 5.41) is 0.0733. The number of rotatable bonds is 4. The van der Waals surface area contributed by atoms with E-state index in [0.29, 0.717) is 11.4 Å². The van der Waals surface area contributed by atoms with Gasteiger partial charge in [-0.25, -0.2) is 4.39 Å². The summed E-state index contributed by atoms with van der Waals surface area (Å²) in [5.41, 5.74) is 7.09. The van der Waals surface area contributed by atoms with E-state index in [-0.39, 0.29) is 5.02 Å². The lowest BCUT2D eigenvalue weighted by Gasteiger charge is -2.24. The van der Waals surface area contributed by atoms with Gasteiger partial charge in [0.05, 0.1) is 16.4 Å². The minimum atomic E-state index is -0.422. The van der Waals surface area contributed by atoms with Gasteiger partial charge in [0.15, 0.2) is 0 Å². The van der Waals surface area contributed by atoms with Crippen molar-refractivity contribution in [1.29, 1.82) is 0 Å². The number of anilines is 2. The highest BCUT2D eigenvalue weighted by Crippen LogP contribution is 2.28. The minimum absolute atomic E-state index is 0.0733. The van der Waals surface area contributed by atoms with Crippen LogP contribution < -0.4 is 10.6 Å². The first-order valence-corrected chi connectivity index (χ1v) is 6.64. The van der Waals surface area contributed by atoms with Gasteiger partial charge in [-0.05, 0) is 32.0 Å². The van der Waals surface area contributed by atoms with Crippen molar-refractivity contribution < 1.29 is 4.39 Å². The molecule has 1 aromatic carbocycles. The van der Waals surface area contributed by atoms with Gasteiger partial charge in [-0.1, -0.05) is 11.6 Å². The van der Waals surface area contributed by atoms with Gasteiger partial charge >= 0.3 is 0 Å². The number of nitrogen functional groups attached to an aromatic ring is 1. The molecule has 2 rings (SSSR count). The van der Waals surface area contributed by atoms with E-state index in [2.05, 4.69) is 4.90 Å². The van der Waals surface area contributed by atoms with Crippen molar-refractivity contribution in [3.8, 4) is 0 Å². The second-order valence-corrected chi connectivity index (χ2v) is 5.20. The molecule has 0 atom stereocenters. The van der Waals surface area contributed by atoms with Gasteiger partial charge in [0.1, 0.15) is 5.82 Å². The van der Waals surface area contributed by atoms with Gasteiger partial charge in [-0.2, -0.15) is 0 Å². The Kier molecular flexibility index (Phi) is 4.30. The van der Waals surface area contributed by atoms with Gasteiger partial charge in [0.25, 0.3) is 0 Å². The summed E-state index contributed by atoms with van der Waals surface area (Å²) in [6.45, 7) is 4.15. The molecule has 0 saturated carbocycles. The average molecular weight is 272 g/mol. The van der Waals surface area contributed by atoms with Crippen LogP contribution in [0.5, 0.6) is 0 Å². The molecule has 1 aromatic rings. The van der Waals surface area contributed by atoms with Crippen LogP contribution >= 0.6 is 11.6 Å². The quantitative estimate of drug-likeness (QED) is 0.855. The van der Waals surface area contributed by atoms with Crippen LogP contribution in [-0.2, 0) is 0 Å². The summed E-state index contributed by atoms with van der Waals surface area (Å²) < 4.78 is 13.4. The Morgan fingerprint density at radius 3 is 2.72 bits per heavy atom. The van der Waals surface area contributed by atoms with Crippen molar-refractivity contribution in [3.05, 3.63) is 23.0 Å². The highest BCUT2D eigenvalue weighted by molar-refractivity contribution is 6.31. The van der Waals surface area contributed by atoms with Crippen molar-refractivity contribution in [3.63, 3.8) is 0 Å². The number of hydrogen-bond acceptors (Lipinski definition) is 3. The Morgan fingerprint density at radius 2 is 2.06 bits per heavy atom. The summed E-state index contributed by atoms with van der Waals surface area (Å²) in [4.78, 5) is 4.39. The van der Waals surface area contributed by atoms with Crippen molar-refractivity contribution in [1.82, 2.24) is 4.90 Å². The van der Waals surface area contributed by atoms with Crippen molar-refractivity contribution in [2.45, 2.75) is 12.8 Å². The number of hydrogen-bond donors (Lipinski definition) is 1. The van der Waals surface area contributed by atoms with E-state index in [4.69, 9.17) is 17.3 Å². The maximum absolute atomic E-state index is 13.4. The summed E-state index contributed by atoms with van der Waals surface area (Å²) in [5.74, 6) is -0.422. The topological polar surface area (TPSA) is 32.5 Å². The zero-order valence-electron chi connectivity index (χ0n) is 10.6. The first-order valence-electron chi connectivity index (χ1n) is 6.26. The van der Waals surface area contributed by atoms with Crippen molar-refractivity contribution in [2.24, 2.45) is 0 Å². The predicted molar refractivity (Wildman–Crippen MR) is 74.8 cm³/mol. The van der Waals surface area contributed by atoms with Crippen LogP contribution in [0.3, 0.4) is 0 Å². The molecule has 0 aromatic heterocycles. The van der Waals surface area contributed by atoms with Crippen LogP contribution in [0.4, 0.5) is 15.8 Å². The average Bonchev–Trinajstić information content (AvgIpc) is 2.84. The molecule has 18 heavy (non-hydrogen) atoms. The summed E-state index contributed by atoms with van der Waals surface area (Å²) >= 11 is 5.69. The Balaban J connectivity index is 1.99. The summed E-state index contributed by atoms with van der Waals surface area (Å²) in [6.07, 6.45) is 2.56. The monoisotopic (exact) mass is 271 g/mol. The number of nitrogens with zero attached hydrogens (tertiary/aromatic N) is 2. The van der Waals surface area contributed by atoms with E-state index < -0.39 is 5.82 Å². The fourth-order valence-electron chi connectivity index (χ4n) is 2.30. The molecule has 100 valence electrons. The third kappa shape index (κ3) is 3.06. The molecule has 0 radical (unpaired) electrons. The molecule has 0 amide bonds. The fraction of sp³-hybridized carbons (Fsp3) is 0.538. The number of nitrogens with two attached hydrogens (primary N) is 1. The Morgan fingerprint density at radius 1 is 1.39 bits per heavy atom. The number of likely N-dealkylation sites (tertiary alicyclic amines) is 1. The zero-order chi connectivity index (χ0) is 13.1. The van der Waals surface area contributed by atoms with Crippen LogP contribution in [-0.4, -0.2) is 38.1 Å². The Hall–Kier alpha value is -1.00. The SMILES string of the molecule is CN(CCN1CCCC1)c1cc(F)c(Cl)cc1N. The molecule has 1 aliphatic heterocycles. The summed E-state index contributed by atoms with van der Waals surface area (Å²) in [6, 6.07) is 2.88. The number of benzene rings is 1. The molecule has 2 N–H and O–H groups in total. The third-order valence-corrected chi connectivity index (χ3v) is 3.72. The van der Waals surface area contributed by atoms with Gasteiger partial charge in [-0.3, -0.25) is 0 Å². The van der Waals surface area contributed by atoms with Crippen LogP contribution in [0.2, 0.25) is 5.02 Å². The highest BCUT2D eigenvalue weighted by Gasteiger charge is 2.14. The lowest BCUT2D eigenvalue weighted by Crippen LogP contribution is -2.31. The lowest BCUT2D eigenvalue weighted by atomic mass is 10.2. The Bertz CT molecular complexity index is 419. The fourth-order valence-corrected chi connectivity index (χ4v) is 2.47. The van der Waals surface area contributed by atoms with E-state index in [1.54, 1.807) is 0 Å². The van der Waals surface area contributed by atoms with Gasteiger partial charge in [0, 0.05) is 26.2 Å². The largest absolute Gasteiger partial charge is 0.397 e. The minimum Gasteiger partial charge on any atom is -0.397 e. The van der Waals surface area contributed by atoms with Gasteiger partial charge < -0.3 is 15.5 Å². The van der Waals surface area contributed by atoms with Crippen LogP contribution in [0.1, 0.15) is 12.8 Å². The highest BCUT2D eigenvalue weighted by atomic mass is 35.5. The van der Waals surface area contributed by atoms with Crippen LogP contribution in [0.25, 0.3) is 0 Å². The zero-order valence-corrected chi connectivity index (χ0v) is 11.4. The van der Waals surface area contributed by atoms with Gasteiger partial charge in [-0.15, -0.1) is 0 Å². The molecular weight excluding hydrogens is 253 g/mol. The van der Waals surface area contributed by atoms with Crippen LogP contribution in [0, 0.1) is 5.82 Å². The van der Waals surface area contributed by atoms with Crippen molar-refractivity contribution in [2.75, 3.05) is 43.9 Å². The van der Waals surface area contributed by atoms with Crippen molar-refractivity contribution >= 4 is 23.0 Å². The molecule has 0 unspecified atom stereocenters. The molecule has 1 heterocycles. The van der Waals surface area contributed by atoms with E-state index in [1.165, 1.54) is 25.0 Å². The van der Waals surface area contributed by atoms with Crippen LogP contribution in [0.15, 0.2) is 12.1 Å². The molecule has 0 bridgehead atoms. The second-order valence-electron chi connectivity index (χ2n) is 4.80. The second kappa shape index (κ2) is 5.76. The smallest absolute Gasteiger partial charge is 0.144 e. The molecule has 5 heteroatoms. The maximum Gasteiger partial charge on any atom is 0.144 e. The number of halogens is 2. The van der Waals surface area contributed by atoms with E-state index in [1.807, 2.05) is 11.9 Å². The lowest BCUT2D eigenvalue weighted by molar-refractivity contribution is 0.346. The molecule has 1 fully saturated rings. The van der Waals surface area contributed by atoms with E-state index in [0.717, 1.165) is 26.2 Å². The molecule has 1 saturated heterocycles. The molecule has 1 aliphatic rings. The number of likely N-dealkylation sites (N-methyl/N-ethyl adjacent to an activating group) is 1. The molecule has 3 nitrogen and oxygen atoms in total.